The lowest BCUT2D eigenvalue weighted by atomic mass is 10.0. The zero-order chi connectivity index (χ0) is 15.2. The van der Waals surface area contributed by atoms with Crippen molar-refractivity contribution in [2.24, 2.45) is 5.92 Å². The van der Waals surface area contributed by atoms with Crippen molar-refractivity contribution in [3.63, 3.8) is 0 Å². The smallest absolute Gasteiger partial charge is 0.231 e. The molecule has 1 heterocycles. The highest BCUT2D eigenvalue weighted by molar-refractivity contribution is 5.93. The first-order chi connectivity index (χ1) is 10.2. The second kappa shape index (κ2) is 6.85. The summed E-state index contributed by atoms with van der Waals surface area (Å²) in [4.78, 5) is 12.3. The fourth-order valence-corrected chi connectivity index (χ4v) is 2.32. The summed E-state index contributed by atoms with van der Waals surface area (Å²) in [6.07, 6.45) is 0. The normalized spacial score (nSPS) is 20.5. The number of carbonyl (C=O) groups excluding carboxylic acids is 1. The van der Waals surface area contributed by atoms with Crippen LogP contribution in [0.25, 0.3) is 0 Å². The van der Waals surface area contributed by atoms with Crippen LogP contribution >= 0.6 is 0 Å². The van der Waals surface area contributed by atoms with E-state index in [-0.39, 0.29) is 23.4 Å². The van der Waals surface area contributed by atoms with Crippen LogP contribution in [-0.4, -0.2) is 31.7 Å². The van der Waals surface area contributed by atoms with Gasteiger partial charge in [0.1, 0.15) is 12.1 Å². The van der Waals surface area contributed by atoms with Crippen molar-refractivity contribution in [1.29, 1.82) is 10.5 Å². The van der Waals surface area contributed by atoms with E-state index in [1.165, 1.54) is 12.1 Å². The predicted molar refractivity (Wildman–Crippen MR) is 76.3 cm³/mol. The number of hydrogen-bond donors (Lipinski definition) is 2. The highest BCUT2D eigenvalue weighted by Crippen LogP contribution is 2.19. The average molecular weight is 284 g/mol. The zero-order valence-electron chi connectivity index (χ0n) is 11.7. The molecule has 0 bridgehead atoms. The van der Waals surface area contributed by atoms with Gasteiger partial charge >= 0.3 is 0 Å². The summed E-state index contributed by atoms with van der Waals surface area (Å²) >= 11 is 0. The van der Waals surface area contributed by atoms with E-state index < -0.39 is 0 Å². The SMILES string of the molecule is CCNC1COCC1C(=O)Nc1ccc(C#N)c(C#N)c1. The largest absolute Gasteiger partial charge is 0.379 e. The molecule has 1 aromatic rings. The molecule has 6 nitrogen and oxygen atoms in total. The molecule has 0 spiro atoms. The van der Waals surface area contributed by atoms with Crippen LogP contribution in [-0.2, 0) is 9.53 Å². The minimum Gasteiger partial charge on any atom is -0.379 e. The van der Waals surface area contributed by atoms with E-state index in [9.17, 15) is 4.79 Å². The molecule has 0 aliphatic carbocycles. The van der Waals surface area contributed by atoms with Crippen LogP contribution in [0, 0.1) is 28.6 Å². The Bertz CT molecular complexity index is 615. The molecule has 1 aliphatic rings. The van der Waals surface area contributed by atoms with E-state index in [1.54, 1.807) is 6.07 Å². The predicted octanol–water partition coefficient (Wildman–Crippen LogP) is 0.993. The Labute approximate surface area is 123 Å². The molecule has 1 fully saturated rings. The number of hydrogen-bond acceptors (Lipinski definition) is 5. The molecule has 21 heavy (non-hydrogen) atoms. The molecule has 0 radical (unpaired) electrons. The van der Waals surface area contributed by atoms with Gasteiger partial charge in [0, 0.05) is 11.7 Å². The Hall–Kier alpha value is -2.41. The van der Waals surface area contributed by atoms with Crippen molar-refractivity contribution in [3.8, 4) is 12.1 Å². The highest BCUT2D eigenvalue weighted by atomic mass is 16.5. The summed E-state index contributed by atoms with van der Waals surface area (Å²) in [5, 5.41) is 23.9. The van der Waals surface area contributed by atoms with E-state index in [0.29, 0.717) is 24.5 Å². The molecule has 6 heteroatoms. The Kier molecular flexibility index (Phi) is 4.89. The number of carbonyl (C=O) groups is 1. The van der Waals surface area contributed by atoms with Gasteiger partial charge in [0.2, 0.25) is 5.91 Å². The molecule has 1 amide bonds. The number of nitrogens with zero attached hydrogens (tertiary/aromatic N) is 2. The van der Waals surface area contributed by atoms with Gasteiger partial charge in [-0.05, 0) is 24.7 Å². The lowest BCUT2D eigenvalue weighted by Crippen LogP contribution is -2.41. The molecule has 0 saturated carbocycles. The van der Waals surface area contributed by atoms with Gasteiger partial charge in [-0.15, -0.1) is 0 Å². The van der Waals surface area contributed by atoms with Crippen LogP contribution < -0.4 is 10.6 Å². The second-order valence-corrected chi connectivity index (χ2v) is 4.78. The van der Waals surface area contributed by atoms with Gasteiger partial charge in [-0.3, -0.25) is 4.79 Å². The first kappa shape index (κ1) is 15.0. The fourth-order valence-electron chi connectivity index (χ4n) is 2.32. The van der Waals surface area contributed by atoms with Crippen molar-refractivity contribution in [2.45, 2.75) is 13.0 Å². The second-order valence-electron chi connectivity index (χ2n) is 4.78. The molecule has 2 rings (SSSR count). The molecule has 1 aliphatic heterocycles. The number of anilines is 1. The molecule has 2 atom stereocenters. The summed E-state index contributed by atoms with van der Waals surface area (Å²) in [6.45, 7) is 3.65. The molecule has 0 aromatic heterocycles. The maximum absolute atomic E-state index is 12.3. The summed E-state index contributed by atoms with van der Waals surface area (Å²) < 4.78 is 5.34. The Morgan fingerprint density at radius 2 is 2.10 bits per heavy atom. The van der Waals surface area contributed by atoms with E-state index in [4.69, 9.17) is 15.3 Å². The molecule has 1 aromatic carbocycles. The first-order valence-corrected chi connectivity index (χ1v) is 6.75. The molecule has 108 valence electrons. The maximum Gasteiger partial charge on any atom is 0.231 e. The molecular weight excluding hydrogens is 268 g/mol. The number of rotatable bonds is 4. The van der Waals surface area contributed by atoms with Crippen LogP contribution in [0.4, 0.5) is 5.69 Å². The Morgan fingerprint density at radius 1 is 1.33 bits per heavy atom. The van der Waals surface area contributed by atoms with Crippen molar-refractivity contribution < 1.29 is 9.53 Å². The van der Waals surface area contributed by atoms with Gasteiger partial charge in [-0.1, -0.05) is 6.92 Å². The van der Waals surface area contributed by atoms with E-state index >= 15 is 0 Å². The monoisotopic (exact) mass is 284 g/mol. The summed E-state index contributed by atoms with van der Waals surface area (Å²) in [5.41, 5.74) is 1.06. The lowest BCUT2D eigenvalue weighted by molar-refractivity contribution is -0.120. The number of nitrogens with one attached hydrogen (secondary N) is 2. The van der Waals surface area contributed by atoms with Crippen LogP contribution in [0.5, 0.6) is 0 Å². The van der Waals surface area contributed by atoms with Gasteiger partial charge in [0.05, 0.1) is 30.3 Å². The number of ether oxygens (including phenoxy) is 1. The molecule has 2 N–H and O–H groups in total. The molecule has 1 saturated heterocycles. The topological polar surface area (TPSA) is 97.9 Å². The van der Waals surface area contributed by atoms with Gasteiger partial charge in [-0.25, -0.2) is 0 Å². The van der Waals surface area contributed by atoms with Crippen molar-refractivity contribution in [2.75, 3.05) is 25.1 Å². The number of nitriles is 2. The summed E-state index contributed by atoms with van der Waals surface area (Å²) in [5.74, 6) is -0.404. The third-order valence-electron chi connectivity index (χ3n) is 3.41. The van der Waals surface area contributed by atoms with Crippen molar-refractivity contribution in [1.82, 2.24) is 5.32 Å². The number of likely N-dealkylation sites (N-methyl/N-ethyl adjacent to an activating group) is 1. The minimum absolute atomic E-state index is 0.00354. The zero-order valence-corrected chi connectivity index (χ0v) is 11.7. The van der Waals surface area contributed by atoms with E-state index in [0.717, 1.165) is 6.54 Å². The highest BCUT2D eigenvalue weighted by Gasteiger charge is 2.33. The molecule has 2 unspecified atom stereocenters. The van der Waals surface area contributed by atoms with E-state index in [2.05, 4.69) is 10.6 Å². The van der Waals surface area contributed by atoms with E-state index in [1.807, 2.05) is 19.1 Å². The first-order valence-electron chi connectivity index (χ1n) is 6.75. The quantitative estimate of drug-likeness (QED) is 0.859. The number of amides is 1. The third kappa shape index (κ3) is 3.38. The van der Waals surface area contributed by atoms with Gasteiger partial charge in [0.25, 0.3) is 0 Å². The summed E-state index contributed by atoms with van der Waals surface area (Å²) in [7, 11) is 0. The number of benzene rings is 1. The van der Waals surface area contributed by atoms with Crippen LogP contribution in [0.15, 0.2) is 18.2 Å². The van der Waals surface area contributed by atoms with Gasteiger partial charge in [0.15, 0.2) is 0 Å². The standard InChI is InChI=1S/C15H16N4O2/c1-2-18-14-9-21-8-13(14)15(20)19-12-4-3-10(6-16)11(5-12)7-17/h3-5,13-14,18H,2,8-9H2,1H3,(H,19,20). The summed E-state index contributed by atoms with van der Waals surface area (Å²) in [6, 6.07) is 8.55. The average Bonchev–Trinajstić information content (AvgIpc) is 2.96. The molecular formula is C15H16N4O2. The van der Waals surface area contributed by atoms with Crippen LogP contribution in [0.3, 0.4) is 0 Å². The van der Waals surface area contributed by atoms with Gasteiger partial charge < -0.3 is 15.4 Å². The van der Waals surface area contributed by atoms with Gasteiger partial charge in [-0.2, -0.15) is 10.5 Å². The van der Waals surface area contributed by atoms with Crippen LogP contribution in [0.2, 0.25) is 0 Å². The van der Waals surface area contributed by atoms with Crippen molar-refractivity contribution in [3.05, 3.63) is 29.3 Å². The van der Waals surface area contributed by atoms with Crippen molar-refractivity contribution >= 4 is 11.6 Å². The Morgan fingerprint density at radius 3 is 2.76 bits per heavy atom. The maximum atomic E-state index is 12.3. The lowest BCUT2D eigenvalue weighted by Gasteiger charge is -2.17. The minimum atomic E-state index is -0.258. The fraction of sp³-hybridized carbons (Fsp3) is 0.400. The Balaban J connectivity index is 2.10. The third-order valence-corrected chi connectivity index (χ3v) is 3.41. The van der Waals surface area contributed by atoms with Crippen LogP contribution in [0.1, 0.15) is 18.1 Å².